The van der Waals surface area contributed by atoms with Gasteiger partial charge in [-0.2, -0.15) is 0 Å². The maximum Gasteiger partial charge on any atom is 0.327 e. The van der Waals surface area contributed by atoms with Crippen LogP contribution < -0.4 is 5.32 Å². The van der Waals surface area contributed by atoms with Gasteiger partial charge in [-0.25, -0.2) is 4.79 Å². The molecule has 8 nitrogen and oxygen atoms in total. The van der Waals surface area contributed by atoms with Crippen molar-refractivity contribution in [1.29, 1.82) is 0 Å². The van der Waals surface area contributed by atoms with Gasteiger partial charge in [0.1, 0.15) is 6.54 Å². The van der Waals surface area contributed by atoms with Gasteiger partial charge in [-0.1, -0.05) is 38.5 Å². The maximum absolute atomic E-state index is 13.4. The van der Waals surface area contributed by atoms with E-state index in [4.69, 9.17) is 8.17 Å². The van der Waals surface area contributed by atoms with Crippen molar-refractivity contribution in [1.82, 2.24) is 15.1 Å². The minimum atomic E-state index is -1.11. The molecule has 0 radical (unpaired) electrons. The first-order valence-electron chi connectivity index (χ1n) is 10.1. The standard InChI is InChI=1S/C19H28IN3O5/c20-28-18-15(17(26)21-11-16(24)25)12-22(13-7-3-1-4-8-13)19(27)23(18)14-9-5-2-6-10-14/h13-14H,1-12H2,(H,21,26)(H,24,25). The van der Waals surface area contributed by atoms with Crippen LogP contribution in [0.4, 0.5) is 4.79 Å². The van der Waals surface area contributed by atoms with Crippen molar-refractivity contribution in [3.05, 3.63) is 11.5 Å². The van der Waals surface area contributed by atoms with Gasteiger partial charge in [0.05, 0.1) is 12.1 Å². The molecule has 0 aromatic rings. The zero-order valence-corrected chi connectivity index (χ0v) is 18.2. The Kier molecular flexibility index (Phi) is 7.42. The second-order valence-corrected chi connectivity index (χ2v) is 8.24. The van der Waals surface area contributed by atoms with E-state index in [1.165, 1.54) is 6.42 Å². The predicted molar refractivity (Wildman–Crippen MR) is 110 cm³/mol. The van der Waals surface area contributed by atoms with Crippen molar-refractivity contribution < 1.29 is 22.6 Å². The Morgan fingerprint density at radius 1 is 1.04 bits per heavy atom. The lowest BCUT2D eigenvalue weighted by Crippen LogP contribution is -2.57. The van der Waals surface area contributed by atoms with Gasteiger partial charge in [-0.15, -0.1) is 0 Å². The normalized spacial score (nSPS) is 22.4. The first kappa shape index (κ1) is 21.2. The summed E-state index contributed by atoms with van der Waals surface area (Å²) in [5.74, 6) is -1.32. The molecule has 3 rings (SSSR count). The van der Waals surface area contributed by atoms with Crippen LogP contribution in [-0.4, -0.2) is 58.0 Å². The third-order valence-electron chi connectivity index (χ3n) is 5.96. The lowest BCUT2D eigenvalue weighted by atomic mass is 9.91. The molecule has 2 saturated carbocycles. The molecule has 0 saturated heterocycles. The number of carboxylic acid groups (broad SMARTS) is 1. The predicted octanol–water partition coefficient (Wildman–Crippen LogP) is 3.17. The van der Waals surface area contributed by atoms with Crippen LogP contribution >= 0.6 is 23.0 Å². The summed E-state index contributed by atoms with van der Waals surface area (Å²) in [6, 6.07) is 0.0466. The molecule has 0 aromatic heterocycles. The Morgan fingerprint density at radius 3 is 2.14 bits per heavy atom. The first-order valence-corrected chi connectivity index (χ1v) is 11.0. The molecule has 2 aliphatic carbocycles. The number of hydrogen-bond donors (Lipinski definition) is 2. The Labute approximate surface area is 179 Å². The lowest BCUT2D eigenvalue weighted by molar-refractivity contribution is -0.137. The fourth-order valence-corrected chi connectivity index (χ4v) is 5.01. The van der Waals surface area contributed by atoms with Gasteiger partial charge in [-0.3, -0.25) is 14.5 Å². The number of amides is 3. The molecule has 3 aliphatic rings. The van der Waals surface area contributed by atoms with E-state index in [-0.39, 0.29) is 30.5 Å². The fraction of sp³-hybridized carbons (Fsp3) is 0.737. The van der Waals surface area contributed by atoms with Crippen LogP contribution in [-0.2, 0) is 12.7 Å². The molecule has 9 heteroatoms. The topological polar surface area (TPSA) is 99.2 Å². The molecule has 2 N–H and O–H groups in total. The fourth-order valence-electron chi connectivity index (χ4n) is 4.53. The number of carboxylic acids is 1. The number of carbonyl (C=O) groups is 3. The molecule has 0 spiro atoms. The number of hydrogen-bond acceptors (Lipinski definition) is 4. The highest BCUT2D eigenvalue weighted by Gasteiger charge is 2.43. The van der Waals surface area contributed by atoms with E-state index >= 15 is 0 Å². The highest BCUT2D eigenvalue weighted by Crippen LogP contribution is 2.35. The Hall–Kier alpha value is -1.52. The summed E-state index contributed by atoms with van der Waals surface area (Å²) in [5, 5.41) is 11.3. The van der Waals surface area contributed by atoms with Crippen LogP contribution in [0.15, 0.2) is 11.5 Å². The molecular weight excluding hydrogens is 477 g/mol. The van der Waals surface area contributed by atoms with E-state index in [1.54, 1.807) is 27.9 Å². The second kappa shape index (κ2) is 9.80. The number of halogens is 1. The summed E-state index contributed by atoms with van der Waals surface area (Å²) < 4.78 is 5.52. The highest BCUT2D eigenvalue weighted by molar-refractivity contribution is 14.1. The van der Waals surface area contributed by atoms with Crippen molar-refractivity contribution in [3.63, 3.8) is 0 Å². The van der Waals surface area contributed by atoms with Crippen LogP contribution in [0.25, 0.3) is 0 Å². The molecule has 0 atom stereocenters. The minimum absolute atomic E-state index is 0.0136. The summed E-state index contributed by atoms with van der Waals surface area (Å²) in [7, 11) is 0. The van der Waals surface area contributed by atoms with Crippen LogP contribution in [0.5, 0.6) is 0 Å². The second-order valence-electron chi connectivity index (χ2n) is 7.80. The van der Waals surface area contributed by atoms with E-state index in [2.05, 4.69) is 5.32 Å². The van der Waals surface area contributed by atoms with E-state index in [0.717, 1.165) is 57.8 Å². The van der Waals surface area contributed by atoms with Gasteiger partial charge in [-0.05, 0) is 25.7 Å². The average Bonchev–Trinajstić information content (AvgIpc) is 2.72. The van der Waals surface area contributed by atoms with Gasteiger partial charge < -0.3 is 18.4 Å². The maximum atomic E-state index is 13.4. The zero-order valence-electron chi connectivity index (χ0n) is 16.0. The minimum Gasteiger partial charge on any atom is -0.480 e. The number of nitrogens with zero attached hydrogens (tertiary/aromatic N) is 2. The van der Waals surface area contributed by atoms with Crippen molar-refractivity contribution >= 4 is 40.9 Å². The monoisotopic (exact) mass is 505 g/mol. The molecule has 2 fully saturated rings. The quantitative estimate of drug-likeness (QED) is 0.541. The van der Waals surface area contributed by atoms with Crippen LogP contribution in [0.1, 0.15) is 64.2 Å². The Bertz CT molecular complexity index is 641. The summed E-state index contributed by atoms with van der Waals surface area (Å²) in [6.07, 6.45) is 10.2. The number of carbonyl (C=O) groups excluding carboxylic acids is 2. The van der Waals surface area contributed by atoms with E-state index in [9.17, 15) is 14.4 Å². The van der Waals surface area contributed by atoms with Crippen LogP contribution in [0.3, 0.4) is 0 Å². The molecule has 28 heavy (non-hydrogen) atoms. The van der Waals surface area contributed by atoms with Crippen molar-refractivity contribution in [2.24, 2.45) is 0 Å². The summed E-state index contributed by atoms with van der Waals surface area (Å²) in [4.78, 5) is 40.5. The largest absolute Gasteiger partial charge is 0.480 e. The molecule has 156 valence electrons. The third kappa shape index (κ3) is 4.72. The van der Waals surface area contributed by atoms with E-state index < -0.39 is 18.4 Å². The van der Waals surface area contributed by atoms with Crippen molar-refractivity contribution in [2.45, 2.75) is 76.3 Å². The summed E-state index contributed by atoms with van der Waals surface area (Å²) in [6.45, 7) is -0.297. The highest BCUT2D eigenvalue weighted by atomic mass is 127. The van der Waals surface area contributed by atoms with Gasteiger partial charge in [0.2, 0.25) is 5.88 Å². The smallest absolute Gasteiger partial charge is 0.327 e. The van der Waals surface area contributed by atoms with Gasteiger partial charge in [0, 0.05) is 12.1 Å². The van der Waals surface area contributed by atoms with Gasteiger partial charge in [0.15, 0.2) is 23.0 Å². The number of nitrogens with one attached hydrogen (secondary N) is 1. The molecule has 1 aliphatic heterocycles. The van der Waals surface area contributed by atoms with Gasteiger partial charge >= 0.3 is 12.0 Å². The molecule has 1 heterocycles. The molecule has 0 aromatic carbocycles. The van der Waals surface area contributed by atoms with Crippen LogP contribution in [0, 0.1) is 0 Å². The zero-order chi connectivity index (χ0) is 20.1. The SMILES string of the molecule is O=C(O)CNC(=O)C1=C(OI)N(C2CCCCC2)C(=O)N(C2CCCCC2)C1. The van der Waals surface area contributed by atoms with E-state index in [1.807, 2.05) is 4.90 Å². The van der Waals surface area contributed by atoms with Crippen molar-refractivity contribution in [3.8, 4) is 0 Å². The summed E-state index contributed by atoms with van der Waals surface area (Å²) >= 11 is 1.71. The van der Waals surface area contributed by atoms with Gasteiger partial charge in [0.25, 0.3) is 5.91 Å². The lowest BCUT2D eigenvalue weighted by Gasteiger charge is -2.45. The average molecular weight is 505 g/mol. The number of rotatable bonds is 6. The molecule has 3 amide bonds. The Balaban J connectivity index is 1.92. The van der Waals surface area contributed by atoms with Crippen LogP contribution in [0.2, 0.25) is 0 Å². The molecule has 0 unspecified atom stereocenters. The molecule has 0 bridgehead atoms. The number of urea groups is 1. The van der Waals surface area contributed by atoms with Crippen molar-refractivity contribution in [2.75, 3.05) is 13.1 Å². The third-order valence-corrected chi connectivity index (χ3v) is 6.38. The summed E-state index contributed by atoms with van der Waals surface area (Å²) in [5.41, 5.74) is 0.339. The number of aliphatic carboxylic acids is 1. The van der Waals surface area contributed by atoms with E-state index in [0.29, 0.717) is 5.57 Å². The first-order chi connectivity index (χ1) is 13.5. The Morgan fingerprint density at radius 2 is 1.61 bits per heavy atom. The molecular formula is C19H28IN3O5.